The van der Waals surface area contributed by atoms with Gasteiger partial charge in [-0.2, -0.15) is 0 Å². The molecule has 17 heavy (non-hydrogen) atoms. The molecule has 0 aliphatic carbocycles. The van der Waals surface area contributed by atoms with Crippen molar-refractivity contribution in [2.24, 2.45) is 0 Å². The van der Waals surface area contributed by atoms with Gasteiger partial charge in [0.25, 0.3) is 0 Å². The van der Waals surface area contributed by atoms with E-state index in [1.165, 1.54) is 30.4 Å². The van der Waals surface area contributed by atoms with Crippen molar-refractivity contribution in [3.8, 4) is 0 Å². The van der Waals surface area contributed by atoms with Crippen LogP contribution in [0.5, 0.6) is 0 Å². The van der Waals surface area contributed by atoms with Gasteiger partial charge in [-0.1, -0.05) is 58.9 Å². The van der Waals surface area contributed by atoms with Crippen LogP contribution in [0.1, 0.15) is 12.5 Å². The number of hydrogen-bond acceptors (Lipinski definition) is 5. The van der Waals surface area contributed by atoms with Crippen LogP contribution in [-0.4, -0.2) is 27.1 Å². The summed E-state index contributed by atoms with van der Waals surface area (Å²) in [5.74, 6) is 0.576. The third-order valence-corrected chi connectivity index (χ3v) is 3.57. The highest BCUT2D eigenvalue weighted by molar-refractivity contribution is 8.13. The number of aromatic nitrogens is 2. The number of carbonyl (C=O) groups excluding carboxylic acids is 1. The van der Waals surface area contributed by atoms with Crippen LogP contribution in [0.2, 0.25) is 10.3 Å². The third kappa shape index (κ3) is 4.87. The van der Waals surface area contributed by atoms with E-state index in [9.17, 15) is 4.79 Å². The Morgan fingerprint density at radius 3 is 2.41 bits per heavy atom. The predicted octanol–water partition coefficient (Wildman–Crippen LogP) is 3.80. The van der Waals surface area contributed by atoms with Gasteiger partial charge in [0, 0.05) is 18.2 Å². The molecule has 0 aliphatic rings. The highest BCUT2D eigenvalue weighted by Gasteiger charge is 2.08. The summed E-state index contributed by atoms with van der Waals surface area (Å²) in [5.41, 5.74) is 0.579. The number of thioether (sulfide) groups is 2. The molecule has 0 atom stereocenters. The van der Waals surface area contributed by atoms with Gasteiger partial charge in [-0.15, -0.1) is 0 Å². The van der Waals surface area contributed by atoms with Gasteiger partial charge in [0.15, 0.2) is 10.3 Å². The Morgan fingerprint density at radius 1 is 1.35 bits per heavy atom. The topological polar surface area (TPSA) is 42.9 Å². The molecule has 7 heteroatoms. The van der Waals surface area contributed by atoms with Crippen LogP contribution in [0.4, 0.5) is 0 Å². The van der Waals surface area contributed by atoms with Gasteiger partial charge in [0.2, 0.25) is 0 Å². The van der Waals surface area contributed by atoms with E-state index in [-0.39, 0.29) is 5.12 Å². The van der Waals surface area contributed by atoms with Crippen molar-refractivity contribution >= 4 is 57.9 Å². The van der Waals surface area contributed by atoms with Crippen molar-refractivity contribution in [3.05, 3.63) is 21.9 Å². The standard InChI is InChI=1S/C10H10Cl2N2OS2/c1-6(15)17-5-3-4-7-8(11)13-10(16-2)14-9(7)12/h3-4H,5H2,1-2H3. The molecule has 0 aliphatic heterocycles. The Morgan fingerprint density at radius 2 is 1.94 bits per heavy atom. The second-order valence-electron chi connectivity index (χ2n) is 2.91. The van der Waals surface area contributed by atoms with E-state index in [0.717, 1.165) is 0 Å². The minimum Gasteiger partial charge on any atom is -0.288 e. The first-order valence-electron chi connectivity index (χ1n) is 4.61. The third-order valence-electron chi connectivity index (χ3n) is 1.68. The van der Waals surface area contributed by atoms with E-state index < -0.39 is 0 Å². The van der Waals surface area contributed by atoms with Crippen molar-refractivity contribution in [2.75, 3.05) is 12.0 Å². The summed E-state index contributed by atoms with van der Waals surface area (Å²) in [5, 5.41) is 1.24. The van der Waals surface area contributed by atoms with E-state index in [4.69, 9.17) is 23.2 Å². The first kappa shape index (κ1) is 14.8. The molecule has 0 spiro atoms. The lowest BCUT2D eigenvalue weighted by atomic mass is 10.3. The molecule has 0 saturated carbocycles. The van der Waals surface area contributed by atoms with Gasteiger partial charge in [-0.25, -0.2) is 9.97 Å². The van der Waals surface area contributed by atoms with E-state index in [1.807, 2.05) is 6.26 Å². The number of carbonyl (C=O) groups is 1. The average molecular weight is 309 g/mol. The highest BCUT2D eigenvalue weighted by Crippen LogP contribution is 2.25. The molecule has 0 amide bonds. The van der Waals surface area contributed by atoms with Gasteiger partial charge < -0.3 is 0 Å². The van der Waals surface area contributed by atoms with Crippen molar-refractivity contribution in [3.63, 3.8) is 0 Å². The number of halogens is 2. The van der Waals surface area contributed by atoms with Crippen LogP contribution in [0.3, 0.4) is 0 Å². The van der Waals surface area contributed by atoms with Gasteiger partial charge in [-0.3, -0.25) is 4.79 Å². The molecule has 0 saturated heterocycles. The summed E-state index contributed by atoms with van der Waals surface area (Å²) in [4.78, 5) is 18.9. The van der Waals surface area contributed by atoms with Crippen molar-refractivity contribution < 1.29 is 4.79 Å². The normalized spacial score (nSPS) is 11.1. The molecule has 0 fully saturated rings. The van der Waals surface area contributed by atoms with E-state index in [1.54, 1.807) is 12.2 Å². The fourth-order valence-electron chi connectivity index (χ4n) is 0.959. The predicted molar refractivity (Wildman–Crippen MR) is 76.0 cm³/mol. The number of nitrogens with zero attached hydrogens (tertiary/aromatic N) is 2. The van der Waals surface area contributed by atoms with Crippen LogP contribution in [-0.2, 0) is 4.79 Å². The maximum Gasteiger partial charge on any atom is 0.190 e. The summed E-state index contributed by atoms with van der Waals surface area (Å²) < 4.78 is 0. The zero-order valence-corrected chi connectivity index (χ0v) is 12.4. The summed E-state index contributed by atoms with van der Waals surface area (Å²) in [6.45, 7) is 1.52. The zero-order valence-electron chi connectivity index (χ0n) is 9.24. The van der Waals surface area contributed by atoms with Crippen molar-refractivity contribution in [1.29, 1.82) is 0 Å². The van der Waals surface area contributed by atoms with E-state index in [2.05, 4.69) is 9.97 Å². The smallest absolute Gasteiger partial charge is 0.190 e. The largest absolute Gasteiger partial charge is 0.288 e. The SMILES string of the molecule is CSc1nc(Cl)c(C=CCSC(C)=O)c(Cl)n1. The molecule has 0 bridgehead atoms. The molecular weight excluding hydrogens is 299 g/mol. The molecule has 0 radical (unpaired) electrons. The first-order valence-corrected chi connectivity index (χ1v) is 7.58. The van der Waals surface area contributed by atoms with Crippen LogP contribution in [0, 0.1) is 0 Å². The summed E-state index contributed by atoms with van der Waals surface area (Å²) in [6, 6.07) is 0. The van der Waals surface area contributed by atoms with Gasteiger partial charge >= 0.3 is 0 Å². The second kappa shape index (κ2) is 7.26. The molecule has 0 unspecified atom stereocenters. The lowest BCUT2D eigenvalue weighted by Gasteiger charge is -2.02. The molecular formula is C10H10Cl2N2OS2. The van der Waals surface area contributed by atoms with Gasteiger partial charge in [-0.05, 0) is 6.26 Å². The molecule has 1 rings (SSSR count). The zero-order chi connectivity index (χ0) is 12.8. The average Bonchev–Trinajstić information content (AvgIpc) is 2.26. The Bertz CT molecular complexity index is 429. The molecule has 1 aromatic rings. The van der Waals surface area contributed by atoms with E-state index in [0.29, 0.717) is 26.8 Å². The highest BCUT2D eigenvalue weighted by atomic mass is 35.5. The Labute approximate surface area is 118 Å². The van der Waals surface area contributed by atoms with E-state index >= 15 is 0 Å². The van der Waals surface area contributed by atoms with Gasteiger partial charge in [0.05, 0.1) is 0 Å². The summed E-state index contributed by atoms with van der Waals surface area (Å²) in [6.07, 6.45) is 5.38. The van der Waals surface area contributed by atoms with Crippen LogP contribution in [0.15, 0.2) is 11.2 Å². The minimum absolute atomic E-state index is 0.0702. The fraction of sp³-hybridized carbons (Fsp3) is 0.300. The number of hydrogen-bond donors (Lipinski definition) is 0. The Kier molecular flexibility index (Phi) is 6.33. The fourth-order valence-corrected chi connectivity index (χ4v) is 2.36. The van der Waals surface area contributed by atoms with Crippen molar-refractivity contribution in [1.82, 2.24) is 9.97 Å². The Hall–Kier alpha value is -0.230. The molecule has 0 N–H and O–H groups in total. The summed E-state index contributed by atoms with van der Waals surface area (Å²) >= 11 is 14.5. The Balaban J connectivity index is 2.80. The quantitative estimate of drug-likeness (QED) is 0.481. The maximum absolute atomic E-state index is 10.7. The van der Waals surface area contributed by atoms with Crippen LogP contribution >= 0.6 is 46.7 Å². The number of rotatable bonds is 4. The second-order valence-corrected chi connectivity index (χ2v) is 5.60. The first-order chi connectivity index (χ1) is 8.04. The molecule has 3 nitrogen and oxygen atoms in total. The molecule has 1 aromatic heterocycles. The van der Waals surface area contributed by atoms with Crippen molar-refractivity contribution in [2.45, 2.75) is 12.1 Å². The molecule has 92 valence electrons. The molecule has 0 aromatic carbocycles. The summed E-state index contributed by atoms with van der Waals surface area (Å²) in [7, 11) is 0. The van der Waals surface area contributed by atoms with Gasteiger partial charge in [0.1, 0.15) is 10.3 Å². The monoisotopic (exact) mass is 308 g/mol. The molecule has 1 heterocycles. The minimum atomic E-state index is 0.0702. The van der Waals surface area contributed by atoms with Crippen LogP contribution in [0.25, 0.3) is 6.08 Å². The maximum atomic E-state index is 10.7. The lowest BCUT2D eigenvalue weighted by molar-refractivity contribution is -0.109. The lowest BCUT2D eigenvalue weighted by Crippen LogP contribution is -1.92. The van der Waals surface area contributed by atoms with Crippen LogP contribution < -0.4 is 0 Å².